The molecule has 0 aliphatic heterocycles. The summed E-state index contributed by atoms with van der Waals surface area (Å²) in [6, 6.07) is 0. The first-order chi connectivity index (χ1) is 8.41. The van der Waals surface area contributed by atoms with Gasteiger partial charge >= 0.3 is 0 Å². The highest BCUT2D eigenvalue weighted by molar-refractivity contribution is 5.83. The molecule has 0 bridgehead atoms. The smallest absolute Gasteiger partial charge is 0.227 e. The van der Waals surface area contributed by atoms with E-state index in [4.69, 9.17) is 5.73 Å². The maximum absolute atomic E-state index is 12.5. The summed E-state index contributed by atoms with van der Waals surface area (Å²) < 4.78 is 0. The van der Waals surface area contributed by atoms with Gasteiger partial charge in [0.05, 0.1) is 17.6 Å². The summed E-state index contributed by atoms with van der Waals surface area (Å²) in [6.07, 6.45) is 4.56. The summed E-state index contributed by atoms with van der Waals surface area (Å²) in [5.41, 5.74) is 4.92. The third-order valence-electron chi connectivity index (χ3n) is 4.65. The van der Waals surface area contributed by atoms with Gasteiger partial charge in [-0.15, -0.1) is 0 Å². The molecule has 1 amide bonds. The van der Waals surface area contributed by atoms with Gasteiger partial charge in [-0.1, -0.05) is 13.8 Å². The van der Waals surface area contributed by atoms with Crippen molar-refractivity contribution in [1.82, 2.24) is 5.32 Å². The van der Waals surface area contributed by atoms with Gasteiger partial charge in [0.2, 0.25) is 5.91 Å². The van der Waals surface area contributed by atoms with Gasteiger partial charge in [0.15, 0.2) is 0 Å². The molecule has 0 radical (unpaired) electrons. The Morgan fingerprint density at radius 1 is 1.50 bits per heavy atom. The van der Waals surface area contributed by atoms with Crippen molar-refractivity contribution < 1.29 is 9.90 Å². The second kappa shape index (κ2) is 6.02. The monoisotopic (exact) mass is 256 g/mol. The van der Waals surface area contributed by atoms with Gasteiger partial charge in [0.25, 0.3) is 0 Å². The van der Waals surface area contributed by atoms with E-state index >= 15 is 0 Å². The highest BCUT2D eigenvalue weighted by Crippen LogP contribution is 2.38. The van der Waals surface area contributed by atoms with E-state index in [1.807, 2.05) is 13.8 Å². The van der Waals surface area contributed by atoms with E-state index in [-0.39, 0.29) is 12.5 Å². The average Bonchev–Trinajstić information content (AvgIpc) is 2.39. The van der Waals surface area contributed by atoms with Crippen LogP contribution in [-0.2, 0) is 4.79 Å². The minimum atomic E-state index is -0.525. The second-order valence-electron chi connectivity index (χ2n) is 6.19. The Balaban J connectivity index is 2.74. The van der Waals surface area contributed by atoms with Gasteiger partial charge in [-0.3, -0.25) is 4.79 Å². The van der Waals surface area contributed by atoms with E-state index in [9.17, 15) is 9.90 Å². The van der Waals surface area contributed by atoms with Gasteiger partial charge in [-0.05, 0) is 44.9 Å². The third kappa shape index (κ3) is 3.23. The Hall–Kier alpha value is -0.610. The zero-order chi connectivity index (χ0) is 13.8. The fourth-order valence-corrected chi connectivity index (χ4v) is 2.48. The maximum Gasteiger partial charge on any atom is 0.227 e. The normalized spacial score (nSPS) is 31.7. The van der Waals surface area contributed by atoms with Crippen LogP contribution in [0.5, 0.6) is 0 Å². The Kier molecular flexibility index (Phi) is 5.17. The molecular weight excluding hydrogens is 228 g/mol. The summed E-state index contributed by atoms with van der Waals surface area (Å²) in [5, 5.41) is 12.4. The van der Waals surface area contributed by atoms with Crippen molar-refractivity contribution >= 4 is 5.91 Å². The zero-order valence-corrected chi connectivity index (χ0v) is 12.0. The number of hydrogen-bond acceptors (Lipinski definition) is 3. The number of rotatable bonds is 5. The number of amides is 1. The molecule has 4 heteroatoms. The molecule has 4 nitrogen and oxygen atoms in total. The van der Waals surface area contributed by atoms with Gasteiger partial charge in [-0.25, -0.2) is 0 Å². The first-order valence-corrected chi connectivity index (χ1v) is 7.05. The Labute approximate surface area is 110 Å². The lowest BCUT2D eigenvalue weighted by Crippen LogP contribution is -2.56. The number of aliphatic hydroxyl groups is 1. The topological polar surface area (TPSA) is 75.3 Å². The molecule has 0 aromatic heterocycles. The number of carbonyl (C=O) groups is 1. The van der Waals surface area contributed by atoms with Crippen molar-refractivity contribution in [2.75, 3.05) is 13.2 Å². The Morgan fingerprint density at radius 3 is 2.44 bits per heavy atom. The van der Waals surface area contributed by atoms with Crippen LogP contribution in [0.15, 0.2) is 0 Å². The summed E-state index contributed by atoms with van der Waals surface area (Å²) in [5.74, 6) is 0.711. The minimum absolute atomic E-state index is 0.0234. The van der Waals surface area contributed by atoms with Crippen molar-refractivity contribution in [3.05, 3.63) is 0 Å². The predicted molar refractivity (Wildman–Crippen MR) is 73.0 cm³/mol. The van der Waals surface area contributed by atoms with E-state index < -0.39 is 11.0 Å². The van der Waals surface area contributed by atoms with Crippen LogP contribution in [0.1, 0.15) is 52.9 Å². The van der Waals surface area contributed by atoms with Crippen LogP contribution in [0.4, 0.5) is 0 Å². The van der Waals surface area contributed by atoms with Crippen LogP contribution < -0.4 is 11.1 Å². The Morgan fingerprint density at radius 2 is 2.06 bits per heavy atom. The number of nitrogens with one attached hydrogen (secondary N) is 1. The van der Waals surface area contributed by atoms with E-state index in [1.54, 1.807) is 0 Å². The van der Waals surface area contributed by atoms with Crippen LogP contribution in [0.25, 0.3) is 0 Å². The van der Waals surface area contributed by atoms with E-state index in [2.05, 4.69) is 12.2 Å². The molecule has 1 atom stereocenters. The van der Waals surface area contributed by atoms with E-state index in [1.165, 1.54) is 0 Å². The molecule has 1 aliphatic carbocycles. The fraction of sp³-hybridized carbons (Fsp3) is 0.929. The highest BCUT2D eigenvalue weighted by Gasteiger charge is 2.41. The molecule has 1 fully saturated rings. The SMILES string of the molecule is CCC(C)(CO)NC(=O)C1(CN)CCC(C)CC1. The molecular formula is C14H28N2O2. The largest absolute Gasteiger partial charge is 0.394 e. The summed E-state index contributed by atoms with van der Waals surface area (Å²) in [7, 11) is 0. The standard InChI is InChI=1S/C14H28N2O2/c1-4-13(3,10-17)16-12(18)14(9-15)7-5-11(2)6-8-14/h11,17H,4-10,15H2,1-3H3,(H,16,18). The van der Waals surface area contributed by atoms with Crippen LogP contribution in [0, 0.1) is 11.3 Å². The molecule has 0 aromatic rings. The van der Waals surface area contributed by atoms with Crippen LogP contribution in [-0.4, -0.2) is 29.7 Å². The number of carbonyl (C=O) groups excluding carboxylic acids is 1. The zero-order valence-electron chi connectivity index (χ0n) is 12.0. The van der Waals surface area contributed by atoms with Crippen LogP contribution >= 0.6 is 0 Å². The van der Waals surface area contributed by atoms with Crippen molar-refractivity contribution in [3.8, 4) is 0 Å². The number of aliphatic hydroxyl groups excluding tert-OH is 1. The summed E-state index contributed by atoms with van der Waals surface area (Å²) in [6.45, 7) is 6.43. The highest BCUT2D eigenvalue weighted by atomic mass is 16.3. The van der Waals surface area contributed by atoms with Crippen LogP contribution in [0.2, 0.25) is 0 Å². The van der Waals surface area contributed by atoms with Gasteiger partial charge in [0, 0.05) is 6.54 Å². The predicted octanol–water partition coefficient (Wildman–Crippen LogP) is 1.42. The molecule has 4 N–H and O–H groups in total. The molecule has 1 unspecified atom stereocenters. The van der Waals surface area contributed by atoms with Crippen molar-refractivity contribution in [3.63, 3.8) is 0 Å². The van der Waals surface area contributed by atoms with Gasteiger partial charge in [-0.2, -0.15) is 0 Å². The quantitative estimate of drug-likeness (QED) is 0.696. The minimum Gasteiger partial charge on any atom is -0.394 e. The molecule has 0 heterocycles. The Bertz CT molecular complexity index is 280. The maximum atomic E-state index is 12.5. The molecule has 0 aromatic carbocycles. The lowest BCUT2D eigenvalue weighted by molar-refractivity contribution is -0.135. The summed E-state index contributed by atoms with van der Waals surface area (Å²) in [4.78, 5) is 12.5. The number of hydrogen-bond donors (Lipinski definition) is 3. The van der Waals surface area contributed by atoms with Crippen molar-refractivity contribution in [2.24, 2.45) is 17.1 Å². The van der Waals surface area contributed by atoms with Gasteiger partial charge < -0.3 is 16.2 Å². The average molecular weight is 256 g/mol. The van der Waals surface area contributed by atoms with Gasteiger partial charge in [0.1, 0.15) is 0 Å². The van der Waals surface area contributed by atoms with Crippen molar-refractivity contribution in [1.29, 1.82) is 0 Å². The molecule has 18 heavy (non-hydrogen) atoms. The molecule has 0 saturated heterocycles. The third-order valence-corrected chi connectivity index (χ3v) is 4.65. The number of nitrogens with two attached hydrogens (primary N) is 1. The molecule has 1 saturated carbocycles. The van der Waals surface area contributed by atoms with E-state index in [0.29, 0.717) is 18.9 Å². The lowest BCUT2D eigenvalue weighted by Gasteiger charge is -2.40. The van der Waals surface area contributed by atoms with Crippen molar-refractivity contribution in [2.45, 2.75) is 58.4 Å². The first kappa shape index (κ1) is 15.4. The summed E-state index contributed by atoms with van der Waals surface area (Å²) >= 11 is 0. The molecule has 0 spiro atoms. The first-order valence-electron chi connectivity index (χ1n) is 7.05. The lowest BCUT2D eigenvalue weighted by atomic mass is 9.70. The van der Waals surface area contributed by atoms with E-state index in [0.717, 1.165) is 25.7 Å². The molecule has 1 aliphatic rings. The molecule has 106 valence electrons. The molecule has 1 rings (SSSR count). The van der Waals surface area contributed by atoms with Crippen LogP contribution in [0.3, 0.4) is 0 Å². The second-order valence-corrected chi connectivity index (χ2v) is 6.19. The fourth-order valence-electron chi connectivity index (χ4n) is 2.48.